The topological polar surface area (TPSA) is 112 Å². The molecule has 2 heterocycles. The van der Waals surface area contributed by atoms with Gasteiger partial charge in [-0.1, -0.05) is 132 Å². The predicted molar refractivity (Wildman–Crippen MR) is 202 cm³/mol. The Hall–Kier alpha value is -4.78. The van der Waals surface area contributed by atoms with E-state index in [1.807, 2.05) is 44.2 Å². The normalized spacial score (nSPS) is 16.3. The van der Waals surface area contributed by atoms with Crippen LogP contribution in [-0.4, -0.2) is 35.3 Å². The number of fused-ring (bicyclic) bond motifs is 1. The monoisotopic (exact) mass is 670 g/mol. The molecule has 0 spiro atoms. The fraction of sp³-hybridized carbons (Fsp3) is 0.395. The lowest BCUT2D eigenvalue weighted by Gasteiger charge is -2.44. The number of benzene rings is 3. The Kier molecular flexibility index (Phi) is 7.98. The molecule has 0 amide bonds. The summed E-state index contributed by atoms with van der Waals surface area (Å²) in [5.74, 6) is 0.857. The average Bonchev–Trinajstić information content (AvgIpc) is 3.16. The highest BCUT2D eigenvalue weighted by Crippen LogP contribution is 2.68. The number of phenolic OH excluding ortho intramolecular Hbond substituents is 3. The molecule has 5 aromatic rings. The van der Waals surface area contributed by atoms with Crippen LogP contribution in [0.5, 0.6) is 17.2 Å². The highest BCUT2D eigenvalue weighted by atomic mass is 16.3. The first-order valence-electron chi connectivity index (χ1n) is 17.3. The molecule has 0 radical (unpaired) electrons. The second kappa shape index (κ2) is 11.4. The van der Waals surface area contributed by atoms with Gasteiger partial charge in [0.05, 0.1) is 11.3 Å². The van der Waals surface area contributed by atoms with Crippen molar-refractivity contribution in [2.45, 2.75) is 105 Å². The minimum Gasteiger partial charge on any atom is -0.507 e. The number of pyridine rings is 1. The molecule has 50 heavy (non-hydrogen) atoms. The summed E-state index contributed by atoms with van der Waals surface area (Å²) in [6, 6.07) is 20.2. The molecule has 1 aliphatic carbocycles. The molecule has 7 nitrogen and oxygen atoms in total. The van der Waals surface area contributed by atoms with Gasteiger partial charge in [0, 0.05) is 34.0 Å². The molecule has 0 saturated heterocycles. The summed E-state index contributed by atoms with van der Waals surface area (Å²) >= 11 is 0. The maximum absolute atomic E-state index is 11.8. The maximum Gasteiger partial charge on any atom is 0.171 e. The van der Waals surface area contributed by atoms with Crippen molar-refractivity contribution in [3.8, 4) is 62.7 Å². The van der Waals surface area contributed by atoms with Gasteiger partial charge in [-0.2, -0.15) is 0 Å². The molecule has 2 aromatic heterocycles. The maximum atomic E-state index is 11.8. The van der Waals surface area contributed by atoms with Crippen molar-refractivity contribution in [2.24, 2.45) is 5.41 Å². The standard InChI is InChI=1S/C43H50N4O3/c1-39(2,3)27-18-13-24(14-19-27)36-45-37(25-15-20-28(21-16-25)40(4,5)6)47-38(46-36)26-17-22-29(44-23-26)30-33(48)31-32(35(50)34(30)49)42(9,10)43(11,12)41(31,7)8/h13-23,48-50H,1-12H3. The van der Waals surface area contributed by atoms with Crippen LogP contribution in [-0.2, 0) is 21.7 Å². The smallest absolute Gasteiger partial charge is 0.171 e. The SMILES string of the molecule is CC(C)(C)c1ccc(-c2nc(-c3ccc(C(C)(C)C)cc3)nc(-c3ccc(-c4c(O)c(O)c5c(c4O)C(C)(C)C(C)(C)C5(C)C)nc3)n2)cc1. The first-order chi connectivity index (χ1) is 23.1. The summed E-state index contributed by atoms with van der Waals surface area (Å²) in [7, 11) is 0. The van der Waals surface area contributed by atoms with Crippen LogP contribution in [0.4, 0.5) is 0 Å². The molecule has 0 aliphatic heterocycles. The third-order valence-electron chi connectivity index (χ3n) is 11.7. The minimum absolute atomic E-state index is 0.0107. The minimum atomic E-state index is -0.519. The molecule has 1 aliphatic rings. The quantitative estimate of drug-likeness (QED) is 0.129. The molecular weight excluding hydrogens is 620 g/mol. The van der Waals surface area contributed by atoms with Crippen LogP contribution in [0.3, 0.4) is 0 Å². The van der Waals surface area contributed by atoms with E-state index in [1.54, 1.807) is 12.3 Å². The Morgan fingerprint density at radius 2 is 0.860 bits per heavy atom. The number of aromatic nitrogens is 4. The lowest BCUT2D eigenvalue weighted by atomic mass is 9.59. The molecule has 0 atom stereocenters. The summed E-state index contributed by atoms with van der Waals surface area (Å²) in [5.41, 5.74) is 5.09. The molecule has 0 bridgehead atoms. The van der Waals surface area contributed by atoms with E-state index in [1.165, 1.54) is 11.1 Å². The predicted octanol–water partition coefficient (Wildman–Crippen LogP) is 10.2. The van der Waals surface area contributed by atoms with E-state index in [2.05, 4.69) is 98.5 Å². The molecule has 7 heteroatoms. The molecule has 3 N–H and O–H groups in total. The summed E-state index contributed by atoms with van der Waals surface area (Å²) in [6.45, 7) is 25.6. The van der Waals surface area contributed by atoms with E-state index in [0.29, 0.717) is 39.9 Å². The van der Waals surface area contributed by atoms with Crippen LogP contribution in [0.2, 0.25) is 0 Å². The van der Waals surface area contributed by atoms with Crippen molar-refractivity contribution in [1.82, 2.24) is 19.9 Å². The third-order valence-corrected chi connectivity index (χ3v) is 11.7. The lowest BCUT2D eigenvalue weighted by molar-refractivity contribution is 0.122. The number of hydrogen-bond acceptors (Lipinski definition) is 7. The van der Waals surface area contributed by atoms with Crippen LogP contribution in [0.15, 0.2) is 66.9 Å². The van der Waals surface area contributed by atoms with Gasteiger partial charge >= 0.3 is 0 Å². The zero-order chi connectivity index (χ0) is 36.8. The second-order valence-corrected chi connectivity index (χ2v) is 17.4. The Bertz CT molecular complexity index is 2020. The molecule has 0 saturated carbocycles. The number of aromatic hydroxyl groups is 3. The Morgan fingerprint density at radius 3 is 1.24 bits per heavy atom. The average molecular weight is 671 g/mol. The second-order valence-electron chi connectivity index (χ2n) is 17.4. The Balaban J connectivity index is 1.47. The molecule has 0 unspecified atom stereocenters. The first-order valence-corrected chi connectivity index (χ1v) is 17.3. The van der Waals surface area contributed by atoms with Crippen LogP contribution < -0.4 is 0 Å². The Morgan fingerprint density at radius 1 is 0.480 bits per heavy atom. The Labute approximate surface area is 296 Å². The number of rotatable bonds is 4. The zero-order valence-corrected chi connectivity index (χ0v) is 31.5. The van der Waals surface area contributed by atoms with Gasteiger partial charge in [-0.3, -0.25) is 4.98 Å². The number of nitrogens with zero attached hydrogens (tertiary/aromatic N) is 4. The van der Waals surface area contributed by atoms with Crippen molar-refractivity contribution in [1.29, 1.82) is 0 Å². The largest absolute Gasteiger partial charge is 0.507 e. The van der Waals surface area contributed by atoms with Crippen LogP contribution in [0, 0.1) is 5.41 Å². The molecule has 6 rings (SSSR count). The third kappa shape index (κ3) is 5.42. The highest BCUT2D eigenvalue weighted by Gasteiger charge is 2.60. The highest BCUT2D eigenvalue weighted by molar-refractivity contribution is 5.83. The van der Waals surface area contributed by atoms with E-state index < -0.39 is 10.8 Å². The van der Waals surface area contributed by atoms with E-state index in [-0.39, 0.29) is 39.1 Å². The number of phenols is 3. The molecule has 0 fully saturated rings. The summed E-state index contributed by atoms with van der Waals surface area (Å²) in [6.07, 6.45) is 1.63. The van der Waals surface area contributed by atoms with Crippen LogP contribution in [0.1, 0.15) is 105 Å². The lowest BCUT2D eigenvalue weighted by Crippen LogP contribution is -2.42. The van der Waals surface area contributed by atoms with Crippen LogP contribution >= 0.6 is 0 Å². The van der Waals surface area contributed by atoms with Gasteiger partial charge in [0.25, 0.3) is 0 Å². The van der Waals surface area contributed by atoms with E-state index in [9.17, 15) is 15.3 Å². The van der Waals surface area contributed by atoms with Gasteiger partial charge in [0.2, 0.25) is 0 Å². The van der Waals surface area contributed by atoms with Crippen molar-refractivity contribution < 1.29 is 15.3 Å². The van der Waals surface area contributed by atoms with Gasteiger partial charge in [0.1, 0.15) is 5.75 Å². The van der Waals surface area contributed by atoms with Gasteiger partial charge in [-0.25, -0.2) is 15.0 Å². The van der Waals surface area contributed by atoms with Gasteiger partial charge in [0.15, 0.2) is 29.0 Å². The van der Waals surface area contributed by atoms with Crippen molar-refractivity contribution in [2.75, 3.05) is 0 Å². The number of hydrogen-bond donors (Lipinski definition) is 3. The van der Waals surface area contributed by atoms with Gasteiger partial charge in [-0.15, -0.1) is 0 Å². The summed E-state index contributed by atoms with van der Waals surface area (Å²) in [5, 5.41) is 34.5. The summed E-state index contributed by atoms with van der Waals surface area (Å²) < 4.78 is 0. The summed E-state index contributed by atoms with van der Waals surface area (Å²) in [4.78, 5) is 19.4. The molecular formula is C43H50N4O3. The molecule has 3 aromatic carbocycles. The van der Waals surface area contributed by atoms with Crippen molar-refractivity contribution in [3.63, 3.8) is 0 Å². The molecule has 260 valence electrons. The fourth-order valence-corrected chi connectivity index (χ4v) is 7.25. The van der Waals surface area contributed by atoms with Crippen molar-refractivity contribution >= 4 is 0 Å². The zero-order valence-electron chi connectivity index (χ0n) is 31.5. The van der Waals surface area contributed by atoms with Crippen LogP contribution in [0.25, 0.3) is 45.4 Å². The van der Waals surface area contributed by atoms with E-state index >= 15 is 0 Å². The van der Waals surface area contributed by atoms with Gasteiger partial charge in [-0.05, 0) is 50.3 Å². The first kappa shape index (κ1) is 35.1. The fourth-order valence-electron chi connectivity index (χ4n) is 7.25. The van der Waals surface area contributed by atoms with Gasteiger partial charge < -0.3 is 15.3 Å². The van der Waals surface area contributed by atoms with E-state index in [4.69, 9.17) is 15.0 Å². The van der Waals surface area contributed by atoms with E-state index in [0.717, 1.165) is 11.1 Å². The van der Waals surface area contributed by atoms with Crippen molar-refractivity contribution in [3.05, 3.63) is 89.1 Å².